The number of likely N-dealkylation sites (tertiary alicyclic amines) is 1. The van der Waals surface area contributed by atoms with E-state index in [0.29, 0.717) is 12.3 Å². The van der Waals surface area contributed by atoms with Gasteiger partial charge >= 0.3 is 0 Å². The number of nitrogens with one attached hydrogen (secondary N) is 1. The van der Waals surface area contributed by atoms with Crippen molar-refractivity contribution in [3.05, 3.63) is 60.7 Å². The predicted octanol–water partition coefficient (Wildman–Crippen LogP) is 3.86. The smallest absolute Gasteiger partial charge is 0.222 e. The Morgan fingerprint density at radius 2 is 1.92 bits per heavy atom. The second-order valence-corrected chi connectivity index (χ2v) is 6.71. The van der Waals surface area contributed by atoms with Crippen LogP contribution in [0.3, 0.4) is 0 Å². The number of amides is 1. The van der Waals surface area contributed by atoms with Crippen LogP contribution in [0.4, 0.5) is 0 Å². The minimum atomic E-state index is 0.247. The highest BCUT2D eigenvalue weighted by molar-refractivity contribution is 5.77. The van der Waals surface area contributed by atoms with E-state index < -0.39 is 0 Å². The van der Waals surface area contributed by atoms with E-state index in [1.165, 1.54) is 0 Å². The van der Waals surface area contributed by atoms with Gasteiger partial charge in [-0.05, 0) is 18.6 Å². The molecule has 0 radical (unpaired) electrons. The number of aromatic amines is 1. The number of hydrogen-bond donors (Lipinski definition) is 1. The number of carbonyl (C=O) groups is 1. The molecule has 2 aromatic heterocycles. The summed E-state index contributed by atoms with van der Waals surface area (Å²) >= 11 is 0. The molecule has 1 amide bonds. The second-order valence-electron chi connectivity index (χ2n) is 6.71. The van der Waals surface area contributed by atoms with Crippen LogP contribution < -0.4 is 0 Å². The Bertz CT molecular complexity index is 880. The van der Waals surface area contributed by atoms with Crippen molar-refractivity contribution in [1.82, 2.24) is 19.9 Å². The quantitative estimate of drug-likeness (QED) is 0.763. The fraction of sp³-hybridized carbons (Fsp3) is 0.286. The molecule has 0 bridgehead atoms. The number of H-pyrrole nitrogens is 1. The molecule has 1 aromatic carbocycles. The Hall–Kier alpha value is -2.95. The van der Waals surface area contributed by atoms with E-state index in [9.17, 15) is 4.79 Å². The third-order valence-electron chi connectivity index (χ3n) is 4.81. The molecule has 1 fully saturated rings. The molecule has 1 aliphatic heterocycles. The Kier molecular flexibility index (Phi) is 4.52. The van der Waals surface area contributed by atoms with Crippen LogP contribution in [0.15, 0.2) is 54.9 Å². The lowest BCUT2D eigenvalue weighted by Gasteiger charge is -2.38. The van der Waals surface area contributed by atoms with Gasteiger partial charge in [-0.2, -0.15) is 0 Å². The Labute approximate surface area is 153 Å². The summed E-state index contributed by atoms with van der Waals surface area (Å²) in [7, 11) is 0. The molecule has 0 saturated carbocycles. The van der Waals surface area contributed by atoms with Gasteiger partial charge in [0, 0.05) is 43.0 Å². The van der Waals surface area contributed by atoms with E-state index in [1.807, 2.05) is 54.5 Å². The minimum absolute atomic E-state index is 0.247. The van der Waals surface area contributed by atoms with E-state index in [0.717, 1.165) is 47.8 Å². The monoisotopic (exact) mass is 346 g/mol. The average molecular weight is 346 g/mol. The number of benzene rings is 1. The summed E-state index contributed by atoms with van der Waals surface area (Å²) in [6.45, 7) is 3.55. The lowest BCUT2D eigenvalue weighted by Crippen LogP contribution is -2.48. The Balaban J connectivity index is 1.43. The topological polar surface area (TPSA) is 61.9 Å². The van der Waals surface area contributed by atoms with Crippen LogP contribution in [-0.2, 0) is 4.79 Å². The molecule has 1 aliphatic rings. The summed E-state index contributed by atoms with van der Waals surface area (Å²) < 4.78 is 0. The molecule has 0 atom stereocenters. The van der Waals surface area contributed by atoms with Crippen molar-refractivity contribution in [2.75, 3.05) is 13.1 Å². The molecule has 1 N–H and O–H groups in total. The molecule has 26 heavy (non-hydrogen) atoms. The van der Waals surface area contributed by atoms with Crippen molar-refractivity contribution in [3.8, 4) is 22.5 Å². The number of rotatable bonds is 5. The molecule has 0 aliphatic carbocycles. The number of pyridine rings is 1. The molecule has 132 valence electrons. The Morgan fingerprint density at radius 3 is 2.62 bits per heavy atom. The van der Waals surface area contributed by atoms with Gasteiger partial charge in [0.05, 0.1) is 17.3 Å². The number of nitrogens with zero attached hydrogens (tertiary/aromatic N) is 3. The van der Waals surface area contributed by atoms with Gasteiger partial charge in [0.2, 0.25) is 5.91 Å². The molecule has 1 saturated heterocycles. The molecular weight excluding hydrogens is 324 g/mol. The van der Waals surface area contributed by atoms with Crippen molar-refractivity contribution in [2.24, 2.45) is 0 Å². The van der Waals surface area contributed by atoms with Crippen molar-refractivity contribution in [1.29, 1.82) is 0 Å². The minimum Gasteiger partial charge on any atom is -0.348 e. The van der Waals surface area contributed by atoms with Crippen molar-refractivity contribution >= 4 is 5.91 Å². The molecule has 5 nitrogen and oxygen atoms in total. The van der Waals surface area contributed by atoms with E-state index in [1.54, 1.807) is 0 Å². The van der Waals surface area contributed by atoms with Gasteiger partial charge in [0.25, 0.3) is 0 Å². The zero-order valence-electron chi connectivity index (χ0n) is 14.9. The summed E-state index contributed by atoms with van der Waals surface area (Å²) in [6.07, 6.45) is 5.32. The number of imidazole rings is 1. The third kappa shape index (κ3) is 3.25. The molecular formula is C21H22N4O. The van der Waals surface area contributed by atoms with Gasteiger partial charge in [-0.1, -0.05) is 37.3 Å². The van der Waals surface area contributed by atoms with Gasteiger partial charge < -0.3 is 9.88 Å². The average Bonchev–Trinajstić information content (AvgIpc) is 3.11. The zero-order valence-corrected chi connectivity index (χ0v) is 14.9. The van der Waals surface area contributed by atoms with Crippen LogP contribution in [0.25, 0.3) is 22.5 Å². The van der Waals surface area contributed by atoms with E-state index in [4.69, 9.17) is 4.98 Å². The first-order valence-electron chi connectivity index (χ1n) is 9.09. The van der Waals surface area contributed by atoms with Crippen LogP contribution in [0, 0.1) is 0 Å². The van der Waals surface area contributed by atoms with Gasteiger partial charge in [0.15, 0.2) is 0 Å². The van der Waals surface area contributed by atoms with Crippen molar-refractivity contribution < 1.29 is 4.79 Å². The van der Waals surface area contributed by atoms with Crippen LogP contribution >= 0.6 is 0 Å². The fourth-order valence-electron chi connectivity index (χ4n) is 3.25. The number of carbonyl (C=O) groups excluding carboxylic acids is 1. The van der Waals surface area contributed by atoms with Crippen LogP contribution in [-0.4, -0.2) is 38.8 Å². The van der Waals surface area contributed by atoms with Crippen LogP contribution in [0.2, 0.25) is 0 Å². The highest BCUT2D eigenvalue weighted by Gasteiger charge is 2.33. The molecule has 3 aromatic rings. The van der Waals surface area contributed by atoms with Crippen LogP contribution in [0.1, 0.15) is 31.5 Å². The summed E-state index contributed by atoms with van der Waals surface area (Å²) in [5.74, 6) is 1.50. The first kappa shape index (κ1) is 16.5. The standard InChI is InChI=1S/C21H22N4O/c1-2-6-20(26)25-13-17(14-25)21-23-12-19(24-21)16-9-10-18(22-11-16)15-7-4-3-5-8-15/h3-5,7-12,17H,2,6,13-14H2,1H3,(H,23,24). The molecule has 4 rings (SSSR count). The summed E-state index contributed by atoms with van der Waals surface area (Å²) in [6, 6.07) is 14.2. The van der Waals surface area contributed by atoms with Gasteiger partial charge in [0.1, 0.15) is 5.82 Å². The highest BCUT2D eigenvalue weighted by Crippen LogP contribution is 2.28. The Morgan fingerprint density at radius 1 is 1.12 bits per heavy atom. The maximum atomic E-state index is 11.9. The fourth-order valence-corrected chi connectivity index (χ4v) is 3.25. The van der Waals surface area contributed by atoms with Crippen LogP contribution in [0.5, 0.6) is 0 Å². The second kappa shape index (κ2) is 7.12. The molecule has 5 heteroatoms. The first-order chi connectivity index (χ1) is 12.7. The molecule has 0 unspecified atom stereocenters. The summed E-state index contributed by atoms with van der Waals surface area (Å²) in [5.41, 5.74) is 3.94. The largest absolute Gasteiger partial charge is 0.348 e. The normalized spacial score (nSPS) is 14.3. The maximum Gasteiger partial charge on any atom is 0.222 e. The molecule has 0 spiro atoms. The van der Waals surface area contributed by atoms with Gasteiger partial charge in [-0.25, -0.2) is 4.98 Å². The van der Waals surface area contributed by atoms with Gasteiger partial charge in [-0.3, -0.25) is 9.78 Å². The van der Waals surface area contributed by atoms with E-state index >= 15 is 0 Å². The maximum absolute atomic E-state index is 11.9. The van der Waals surface area contributed by atoms with Crippen molar-refractivity contribution in [2.45, 2.75) is 25.7 Å². The lowest BCUT2D eigenvalue weighted by molar-refractivity contribution is -0.135. The van der Waals surface area contributed by atoms with E-state index in [2.05, 4.69) is 22.1 Å². The highest BCUT2D eigenvalue weighted by atomic mass is 16.2. The predicted molar refractivity (Wildman–Crippen MR) is 101 cm³/mol. The lowest BCUT2D eigenvalue weighted by atomic mass is 9.99. The number of aromatic nitrogens is 3. The SMILES string of the molecule is CCCC(=O)N1CC(c2nc(-c3ccc(-c4ccccc4)nc3)c[nH]2)C1. The van der Waals surface area contributed by atoms with Gasteiger partial charge in [-0.15, -0.1) is 0 Å². The zero-order chi connectivity index (χ0) is 17.9. The first-order valence-corrected chi connectivity index (χ1v) is 9.09. The number of hydrogen-bond acceptors (Lipinski definition) is 3. The summed E-state index contributed by atoms with van der Waals surface area (Å²) in [4.78, 5) is 26.3. The van der Waals surface area contributed by atoms with Crippen molar-refractivity contribution in [3.63, 3.8) is 0 Å². The third-order valence-corrected chi connectivity index (χ3v) is 4.81. The summed E-state index contributed by atoms with van der Waals surface area (Å²) in [5, 5.41) is 0. The van der Waals surface area contributed by atoms with E-state index in [-0.39, 0.29) is 5.91 Å². The molecule has 3 heterocycles.